The summed E-state index contributed by atoms with van der Waals surface area (Å²) >= 11 is 0. The largest absolute Gasteiger partial charge is 0.480 e. The molecule has 0 saturated heterocycles. The fourth-order valence-electron chi connectivity index (χ4n) is 0.855. The lowest BCUT2D eigenvalue weighted by Gasteiger charge is -2.05. The van der Waals surface area contributed by atoms with Gasteiger partial charge in [-0.1, -0.05) is 0 Å². The van der Waals surface area contributed by atoms with E-state index in [2.05, 4.69) is 11.5 Å². The molecule has 0 unspecified atom stereocenters. The zero-order valence-electron chi connectivity index (χ0n) is 8.48. The summed E-state index contributed by atoms with van der Waals surface area (Å²) in [6.07, 6.45) is 2.38. The van der Waals surface area contributed by atoms with Gasteiger partial charge in [-0.25, -0.2) is 4.79 Å². The topological polar surface area (TPSA) is 85.2 Å². The summed E-state index contributed by atoms with van der Waals surface area (Å²) in [4.78, 5) is 13.8. The highest BCUT2D eigenvalue weighted by atomic mass is 17.1. The Labute approximate surface area is 88.0 Å². The Morgan fingerprint density at radius 1 is 1.20 bits per heavy atom. The minimum absolute atomic E-state index is 0.128. The second-order valence-electron chi connectivity index (χ2n) is 2.82. The average Bonchev–Trinajstić information content (AvgIpc) is 2.21. The number of ether oxygens (including phenoxy) is 2. The SMILES string of the molecule is C=C(OO)OCCCCCOCC(=O)O. The first-order chi connectivity index (χ1) is 7.16. The lowest BCUT2D eigenvalue weighted by atomic mass is 10.2. The van der Waals surface area contributed by atoms with E-state index in [-0.39, 0.29) is 12.6 Å². The third-order valence-corrected chi connectivity index (χ3v) is 1.52. The molecule has 0 saturated carbocycles. The first-order valence-electron chi connectivity index (χ1n) is 4.59. The van der Waals surface area contributed by atoms with E-state index in [1.54, 1.807) is 0 Å². The molecule has 0 aromatic rings. The monoisotopic (exact) mass is 220 g/mol. The molecule has 0 heterocycles. The Hall–Kier alpha value is -1.27. The molecule has 0 aromatic heterocycles. The molecular weight excluding hydrogens is 204 g/mol. The molecular formula is C9H16O6. The Morgan fingerprint density at radius 2 is 1.87 bits per heavy atom. The molecule has 0 fully saturated rings. The quantitative estimate of drug-likeness (QED) is 0.249. The Balaban J connectivity index is 3.05. The molecule has 0 atom stereocenters. The van der Waals surface area contributed by atoms with E-state index >= 15 is 0 Å². The first-order valence-corrected chi connectivity index (χ1v) is 4.59. The standard InChI is InChI=1S/C9H16O6/c1-8(15-12)14-6-4-2-3-5-13-7-9(10)11/h12H,1-7H2,(H,10,11). The maximum Gasteiger partial charge on any atom is 0.329 e. The van der Waals surface area contributed by atoms with Crippen LogP contribution in [0.15, 0.2) is 12.5 Å². The number of rotatable bonds is 10. The van der Waals surface area contributed by atoms with Crippen LogP contribution in [0.25, 0.3) is 0 Å². The van der Waals surface area contributed by atoms with Gasteiger partial charge in [0.15, 0.2) is 0 Å². The average molecular weight is 220 g/mol. The molecule has 6 heteroatoms. The number of aliphatic carboxylic acids is 1. The van der Waals surface area contributed by atoms with Crippen LogP contribution in [0.4, 0.5) is 0 Å². The lowest BCUT2D eigenvalue weighted by Crippen LogP contribution is -2.07. The highest BCUT2D eigenvalue weighted by Gasteiger charge is 1.97. The van der Waals surface area contributed by atoms with Crippen LogP contribution in [-0.4, -0.2) is 36.2 Å². The minimum Gasteiger partial charge on any atom is -0.480 e. The molecule has 6 nitrogen and oxygen atoms in total. The predicted octanol–water partition coefficient (Wildman–Crippen LogP) is 1.24. The van der Waals surface area contributed by atoms with E-state index in [9.17, 15) is 4.79 Å². The van der Waals surface area contributed by atoms with Crippen molar-refractivity contribution in [2.45, 2.75) is 19.3 Å². The van der Waals surface area contributed by atoms with Gasteiger partial charge >= 0.3 is 11.9 Å². The number of carboxylic acid groups (broad SMARTS) is 1. The van der Waals surface area contributed by atoms with Crippen molar-refractivity contribution in [2.24, 2.45) is 0 Å². The van der Waals surface area contributed by atoms with Crippen LogP contribution >= 0.6 is 0 Å². The van der Waals surface area contributed by atoms with Crippen molar-refractivity contribution in [1.29, 1.82) is 0 Å². The fraction of sp³-hybridized carbons (Fsp3) is 0.667. The molecule has 0 amide bonds. The van der Waals surface area contributed by atoms with Crippen LogP contribution in [-0.2, 0) is 19.2 Å². The Kier molecular flexibility index (Phi) is 8.50. The van der Waals surface area contributed by atoms with Crippen molar-refractivity contribution in [2.75, 3.05) is 19.8 Å². The van der Waals surface area contributed by atoms with E-state index in [1.807, 2.05) is 0 Å². The van der Waals surface area contributed by atoms with Crippen molar-refractivity contribution in [1.82, 2.24) is 0 Å². The molecule has 0 aliphatic rings. The van der Waals surface area contributed by atoms with E-state index in [4.69, 9.17) is 19.8 Å². The smallest absolute Gasteiger partial charge is 0.329 e. The van der Waals surface area contributed by atoms with Crippen molar-refractivity contribution < 1.29 is 29.5 Å². The van der Waals surface area contributed by atoms with Gasteiger partial charge in [-0.05, 0) is 25.8 Å². The normalized spacial score (nSPS) is 9.67. The van der Waals surface area contributed by atoms with E-state index in [0.29, 0.717) is 13.2 Å². The van der Waals surface area contributed by atoms with Gasteiger partial charge in [0.1, 0.15) is 6.61 Å². The summed E-state index contributed by atoms with van der Waals surface area (Å²) in [5.74, 6) is -1.09. The number of carbonyl (C=O) groups is 1. The zero-order chi connectivity index (χ0) is 11.5. The molecule has 0 radical (unpaired) electrons. The third kappa shape index (κ3) is 10.7. The maximum atomic E-state index is 10.1. The molecule has 0 aromatic carbocycles. The van der Waals surface area contributed by atoms with Crippen LogP contribution < -0.4 is 0 Å². The first kappa shape index (κ1) is 13.7. The van der Waals surface area contributed by atoms with Crippen LogP contribution in [0.5, 0.6) is 0 Å². The van der Waals surface area contributed by atoms with Crippen molar-refractivity contribution in [3.63, 3.8) is 0 Å². The van der Waals surface area contributed by atoms with Gasteiger partial charge in [0.25, 0.3) is 0 Å². The number of hydrogen-bond donors (Lipinski definition) is 2. The maximum absolute atomic E-state index is 10.1. The molecule has 0 aliphatic heterocycles. The molecule has 88 valence electrons. The van der Waals surface area contributed by atoms with Crippen LogP contribution in [0.3, 0.4) is 0 Å². The van der Waals surface area contributed by atoms with Gasteiger partial charge in [0.05, 0.1) is 6.61 Å². The van der Waals surface area contributed by atoms with Gasteiger partial charge in [0.2, 0.25) is 0 Å². The number of unbranched alkanes of at least 4 members (excludes halogenated alkanes) is 2. The van der Waals surface area contributed by atoms with Crippen LogP contribution in [0.1, 0.15) is 19.3 Å². The van der Waals surface area contributed by atoms with Gasteiger partial charge in [-0.15, -0.1) is 0 Å². The molecule has 0 aliphatic carbocycles. The summed E-state index contributed by atoms with van der Waals surface area (Å²) in [7, 11) is 0. The zero-order valence-corrected chi connectivity index (χ0v) is 8.48. The van der Waals surface area contributed by atoms with Gasteiger partial charge < -0.3 is 19.5 Å². The molecule has 15 heavy (non-hydrogen) atoms. The van der Waals surface area contributed by atoms with Crippen molar-refractivity contribution in [3.05, 3.63) is 12.5 Å². The van der Waals surface area contributed by atoms with Crippen molar-refractivity contribution in [3.8, 4) is 0 Å². The molecule has 0 spiro atoms. The Morgan fingerprint density at radius 3 is 2.47 bits per heavy atom. The summed E-state index contributed by atoms with van der Waals surface area (Å²) < 4.78 is 9.66. The fourth-order valence-corrected chi connectivity index (χ4v) is 0.855. The van der Waals surface area contributed by atoms with Crippen LogP contribution in [0.2, 0.25) is 0 Å². The van der Waals surface area contributed by atoms with E-state index in [0.717, 1.165) is 19.3 Å². The van der Waals surface area contributed by atoms with E-state index in [1.165, 1.54) is 0 Å². The van der Waals surface area contributed by atoms with Crippen molar-refractivity contribution >= 4 is 5.97 Å². The highest BCUT2D eigenvalue weighted by molar-refractivity contribution is 5.67. The molecule has 0 rings (SSSR count). The second-order valence-corrected chi connectivity index (χ2v) is 2.82. The summed E-state index contributed by atoms with van der Waals surface area (Å²) in [5, 5.41) is 16.3. The summed E-state index contributed by atoms with van der Waals surface area (Å²) in [6.45, 7) is 3.82. The van der Waals surface area contributed by atoms with Gasteiger partial charge in [-0.2, -0.15) is 5.26 Å². The third-order valence-electron chi connectivity index (χ3n) is 1.52. The number of hydrogen-bond acceptors (Lipinski definition) is 5. The van der Waals surface area contributed by atoms with Gasteiger partial charge in [-0.3, -0.25) is 0 Å². The Bertz CT molecular complexity index is 191. The summed E-state index contributed by atoms with van der Waals surface area (Å²) in [5.41, 5.74) is 0. The molecule has 0 bridgehead atoms. The number of carboxylic acids is 1. The predicted molar refractivity (Wildman–Crippen MR) is 51.1 cm³/mol. The summed E-state index contributed by atoms with van der Waals surface area (Å²) in [6, 6.07) is 0. The van der Waals surface area contributed by atoms with E-state index < -0.39 is 5.97 Å². The van der Waals surface area contributed by atoms with Gasteiger partial charge in [0, 0.05) is 6.61 Å². The lowest BCUT2D eigenvalue weighted by molar-refractivity contribution is -0.243. The minimum atomic E-state index is -0.963. The van der Waals surface area contributed by atoms with Crippen LogP contribution in [0, 0.1) is 0 Å². The highest BCUT2D eigenvalue weighted by Crippen LogP contribution is 2.00. The second kappa shape index (κ2) is 9.29. The molecule has 2 N–H and O–H groups in total.